The fourth-order valence-electron chi connectivity index (χ4n) is 1.58. The second kappa shape index (κ2) is 5.23. The molecule has 0 amide bonds. The van der Waals surface area contributed by atoms with E-state index in [0.717, 1.165) is 21.5 Å². The molecular formula is C14H14BrNO. The molecule has 88 valence electrons. The minimum Gasteiger partial charge on any atom is -0.489 e. The molecule has 3 heteroatoms. The number of ether oxygens (including phenoxy) is 1. The molecule has 0 saturated carbocycles. The predicted octanol–water partition coefficient (Wildman–Crippen LogP) is 3.92. The van der Waals surface area contributed by atoms with Crippen LogP contribution in [0.1, 0.15) is 11.1 Å². The Kier molecular flexibility index (Phi) is 3.69. The Labute approximate surface area is 110 Å². The molecule has 0 bridgehead atoms. The zero-order valence-electron chi connectivity index (χ0n) is 9.61. The van der Waals surface area contributed by atoms with Crippen molar-refractivity contribution in [1.82, 2.24) is 0 Å². The van der Waals surface area contributed by atoms with Crippen molar-refractivity contribution in [2.75, 3.05) is 5.73 Å². The van der Waals surface area contributed by atoms with E-state index in [1.54, 1.807) is 0 Å². The molecule has 2 aromatic rings. The first-order chi connectivity index (χ1) is 8.16. The summed E-state index contributed by atoms with van der Waals surface area (Å²) in [6, 6.07) is 13.8. The molecule has 0 fully saturated rings. The van der Waals surface area contributed by atoms with Gasteiger partial charge in [-0.2, -0.15) is 0 Å². The van der Waals surface area contributed by atoms with Crippen molar-refractivity contribution in [1.29, 1.82) is 0 Å². The fraction of sp³-hybridized carbons (Fsp3) is 0.143. The maximum atomic E-state index is 5.81. The third-order valence-corrected chi connectivity index (χ3v) is 3.46. The van der Waals surface area contributed by atoms with Gasteiger partial charge in [-0.1, -0.05) is 24.3 Å². The second-order valence-electron chi connectivity index (χ2n) is 3.93. The van der Waals surface area contributed by atoms with E-state index in [-0.39, 0.29) is 0 Å². The van der Waals surface area contributed by atoms with Gasteiger partial charge >= 0.3 is 0 Å². The maximum absolute atomic E-state index is 5.81. The number of benzene rings is 2. The number of nitrogens with two attached hydrogens (primary N) is 1. The second-order valence-corrected chi connectivity index (χ2v) is 4.72. The first-order valence-electron chi connectivity index (χ1n) is 5.39. The molecule has 0 aliphatic rings. The van der Waals surface area contributed by atoms with Crippen LogP contribution in [-0.2, 0) is 6.61 Å². The Morgan fingerprint density at radius 3 is 2.71 bits per heavy atom. The monoisotopic (exact) mass is 291 g/mol. The van der Waals surface area contributed by atoms with Crippen molar-refractivity contribution in [2.24, 2.45) is 0 Å². The van der Waals surface area contributed by atoms with Gasteiger partial charge in [0.05, 0.1) is 0 Å². The number of nitrogen functional groups attached to an aromatic ring is 1. The van der Waals surface area contributed by atoms with Gasteiger partial charge in [-0.05, 0) is 46.6 Å². The molecule has 2 aromatic carbocycles. The van der Waals surface area contributed by atoms with Gasteiger partial charge < -0.3 is 10.5 Å². The highest BCUT2D eigenvalue weighted by atomic mass is 79.9. The maximum Gasteiger partial charge on any atom is 0.120 e. The van der Waals surface area contributed by atoms with Gasteiger partial charge in [0, 0.05) is 15.7 Å². The van der Waals surface area contributed by atoms with Crippen LogP contribution in [0, 0.1) is 6.92 Å². The Morgan fingerprint density at radius 2 is 1.94 bits per heavy atom. The summed E-state index contributed by atoms with van der Waals surface area (Å²) in [6.07, 6.45) is 0. The van der Waals surface area contributed by atoms with Gasteiger partial charge in [-0.3, -0.25) is 0 Å². The van der Waals surface area contributed by atoms with Crippen LogP contribution in [-0.4, -0.2) is 0 Å². The number of rotatable bonds is 3. The standard InChI is InChI=1S/C14H14BrNO/c1-10-4-2-6-12(8-10)17-9-11-5-3-7-13(16)14(11)15/h2-8H,9,16H2,1H3. The fourth-order valence-corrected chi connectivity index (χ4v) is 1.96. The molecule has 0 unspecified atom stereocenters. The molecule has 17 heavy (non-hydrogen) atoms. The molecule has 2 N–H and O–H groups in total. The molecule has 0 aliphatic heterocycles. The molecule has 0 heterocycles. The topological polar surface area (TPSA) is 35.2 Å². The van der Waals surface area contributed by atoms with Gasteiger partial charge in [0.2, 0.25) is 0 Å². The lowest BCUT2D eigenvalue weighted by atomic mass is 10.2. The van der Waals surface area contributed by atoms with E-state index in [2.05, 4.69) is 15.9 Å². The lowest BCUT2D eigenvalue weighted by molar-refractivity contribution is 0.305. The molecule has 0 saturated heterocycles. The largest absolute Gasteiger partial charge is 0.489 e. The molecule has 0 aliphatic carbocycles. The highest BCUT2D eigenvalue weighted by Gasteiger charge is 2.03. The summed E-state index contributed by atoms with van der Waals surface area (Å²) in [5.74, 6) is 0.874. The SMILES string of the molecule is Cc1cccc(OCc2cccc(N)c2Br)c1. The zero-order chi connectivity index (χ0) is 12.3. The van der Waals surface area contributed by atoms with Gasteiger partial charge in [0.15, 0.2) is 0 Å². The van der Waals surface area contributed by atoms with Crippen molar-refractivity contribution in [3.8, 4) is 5.75 Å². The van der Waals surface area contributed by atoms with Crippen molar-refractivity contribution in [3.05, 3.63) is 58.1 Å². The highest BCUT2D eigenvalue weighted by Crippen LogP contribution is 2.25. The predicted molar refractivity (Wildman–Crippen MR) is 74.1 cm³/mol. The van der Waals surface area contributed by atoms with E-state index >= 15 is 0 Å². The third-order valence-electron chi connectivity index (χ3n) is 2.49. The van der Waals surface area contributed by atoms with E-state index in [1.165, 1.54) is 5.56 Å². The number of anilines is 1. The van der Waals surface area contributed by atoms with Crippen LogP contribution in [0.3, 0.4) is 0 Å². The van der Waals surface area contributed by atoms with E-state index in [1.807, 2.05) is 49.4 Å². The number of halogens is 1. The van der Waals surface area contributed by atoms with Crippen LogP contribution < -0.4 is 10.5 Å². The molecule has 0 atom stereocenters. The van der Waals surface area contributed by atoms with Crippen LogP contribution in [0.15, 0.2) is 46.9 Å². The lowest BCUT2D eigenvalue weighted by Crippen LogP contribution is -1.98. The summed E-state index contributed by atoms with van der Waals surface area (Å²) in [6.45, 7) is 2.55. The summed E-state index contributed by atoms with van der Waals surface area (Å²) in [4.78, 5) is 0. The minimum absolute atomic E-state index is 0.509. The minimum atomic E-state index is 0.509. The van der Waals surface area contributed by atoms with Gasteiger partial charge in [-0.25, -0.2) is 0 Å². The Morgan fingerprint density at radius 1 is 1.18 bits per heavy atom. The van der Waals surface area contributed by atoms with Crippen molar-refractivity contribution < 1.29 is 4.74 Å². The molecule has 0 aromatic heterocycles. The normalized spacial score (nSPS) is 10.2. The Hall–Kier alpha value is -1.48. The van der Waals surface area contributed by atoms with Crippen LogP contribution in [0.25, 0.3) is 0 Å². The Bertz CT molecular complexity index is 525. The van der Waals surface area contributed by atoms with E-state index in [0.29, 0.717) is 6.61 Å². The molecular weight excluding hydrogens is 278 g/mol. The first kappa shape index (κ1) is 12.0. The average molecular weight is 292 g/mol. The van der Waals surface area contributed by atoms with Crippen molar-refractivity contribution in [2.45, 2.75) is 13.5 Å². The summed E-state index contributed by atoms with van der Waals surface area (Å²) in [5.41, 5.74) is 8.78. The highest BCUT2D eigenvalue weighted by molar-refractivity contribution is 9.10. The summed E-state index contributed by atoms with van der Waals surface area (Å²) >= 11 is 3.46. The number of hydrogen-bond acceptors (Lipinski definition) is 2. The van der Waals surface area contributed by atoms with Crippen molar-refractivity contribution >= 4 is 21.6 Å². The summed E-state index contributed by atoms with van der Waals surface area (Å²) < 4.78 is 6.63. The van der Waals surface area contributed by atoms with Gasteiger partial charge in [0.1, 0.15) is 12.4 Å². The molecule has 2 nitrogen and oxygen atoms in total. The van der Waals surface area contributed by atoms with E-state index in [9.17, 15) is 0 Å². The summed E-state index contributed by atoms with van der Waals surface area (Å²) in [5, 5.41) is 0. The van der Waals surface area contributed by atoms with E-state index < -0.39 is 0 Å². The molecule has 0 spiro atoms. The zero-order valence-corrected chi connectivity index (χ0v) is 11.2. The van der Waals surface area contributed by atoms with Crippen LogP contribution >= 0.6 is 15.9 Å². The van der Waals surface area contributed by atoms with Crippen LogP contribution in [0.2, 0.25) is 0 Å². The number of aryl methyl sites for hydroxylation is 1. The van der Waals surface area contributed by atoms with Crippen LogP contribution in [0.5, 0.6) is 5.75 Å². The summed E-state index contributed by atoms with van der Waals surface area (Å²) in [7, 11) is 0. The molecule has 2 rings (SSSR count). The lowest BCUT2D eigenvalue weighted by Gasteiger charge is -2.09. The van der Waals surface area contributed by atoms with Crippen molar-refractivity contribution in [3.63, 3.8) is 0 Å². The Balaban J connectivity index is 2.10. The average Bonchev–Trinajstić information content (AvgIpc) is 2.31. The van der Waals surface area contributed by atoms with Gasteiger partial charge in [-0.15, -0.1) is 0 Å². The third kappa shape index (κ3) is 3.01. The van der Waals surface area contributed by atoms with Gasteiger partial charge in [0.25, 0.3) is 0 Å². The van der Waals surface area contributed by atoms with Crippen LogP contribution in [0.4, 0.5) is 5.69 Å². The number of hydrogen-bond donors (Lipinski definition) is 1. The quantitative estimate of drug-likeness (QED) is 0.870. The molecule has 0 radical (unpaired) electrons. The smallest absolute Gasteiger partial charge is 0.120 e. The van der Waals surface area contributed by atoms with E-state index in [4.69, 9.17) is 10.5 Å². The first-order valence-corrected chi connectivity index (χ1v) is 6.18.